The molecule has 2 aromatic rings. The zero-order valence-corrected chi connectivity index (χ0v) is 15.8. The molecule has 0 aliphatic heterocycles. The molecule has 0 aromatic heterocycles. The summed E-state index contributed by atoms with van der Waals surface area (Å²) in [6.45, 7) is 5.19. The second-order valence-electron chi connectivity index (χ2n) is 6.95. The van der Waals surface area contributed by atoms with E-state index in [1.165, 1.54) is 6.92 Å². The SMILES string of the molecule is CC(=O)Nc1ccc(N(C)C)c(C(C)(C)C(=O)c2ccc(C#N)cc2)c1. The van der Waals surface area contributed by atoms with Crippen LogP contribution in [0.4, 0.5) is 11.4 Å². The van der Waals surface area contributed by atoms with Crippen molar-refractivity contribution in [2.75, 3.05) is 24.3 Å². The zero-order valence-electron chi connectivity index (χ0n) is 15.8. The van der Waals surface area contributed by atoms with E-state index < -0.39 is 5.41 Å². The number of anilines is 2. The molecule has 0 heterocycles. The lowest BCUT2D eigenvalue weighted by molar-refractivity contribution is -0.114. The van der Waals surface area contributed by atoms with Crippen LogP contribution in [0.3, 0.4) is 0 Å². The Morgan fingerprint density at radius 3 is 2.19 bits per heavy atom. The van der Waals surface area contributed by atoms with Crippen molar-refractivity contribution < 1.29 is 9.59 Å². The van der Waals surface area contributed by atoms with E-state index in [1.54, 1.807) is 24.3 Å². The summed E-state index contributed by atoms with van der Waals surface area (Å²) in [7, 11) is 3.83. The molecule has 134 valence electrons. The van der Waals surface area contributed by atoms with Crippen molar-refractivity contribution in [1.29, 1.82) is 5.26 Å². The van der Waals surface area contributed by atoms with E-state index in [1.807, 2.05) is 51.0 Å². The van der Waals surface area contributed by atoms with Crippen LogP contribution in [0.25, 0.3) is 0 Å². The molecular formula is C21H23N3O2. The molecule has 5 nitrogen and oxygen atoms in total. The smallest absolute Gasteiger partial charge is 0.221 e. The summed E-state index contributed by atoms with van der Waals surface area (Å²) in [5, 5.41) is 11.7. The van der Waals surface area contributed by atoms with Gasteiger partial charge in [0, 0.05) is 38.0 Å². The first kappa shape index (κ1) is 19.2. The van der Waals surface area contributed by atoms with E-state index in [4.69, 9.17) is 5.26 Å². The van der Waals surface area contributed by atoms with Gasteiger partial charge in [-0.1, -0.05) is 12.1 Å². The maximum Gasteiger partial charge on any atom is 0.221 e. The fraction of sp³-hybridized carbons (Fsp3) is 0.286. The summed E-state index contributed by atoms with van der Waals surface area (Å²) in [5.74, 6) is -0.213. The highest BCUT2D eigenvalue weighted by Gasteiger charge is 2.33. The molecular weight excluding hydrogens is 326 g/mol. The highest BCUT2D eigenvalue weighted by Crippen LogP contribution is 2.36. The lowest BCUT2D eigenvalue weighted by Crippen LogP contribution is -2.31. The van der Waals surface area contributed by atoms with Gasteiger partial charge in [-0.3, -0.25) is 9.59 Å². The average Bonchev–Trinajstić information content (AvgIpc) is 2.60. The Bertz CT molecular complexity index is 875. The number of nitrogens with zero attached hydrogens (tertiary/aromatic N) is 2. The van der Waals surface area contributed by atoms with Crippen molar-refractivity contribution in [3.05, 3.63) is 59.2 Å². The quantitative estimate of drug-likeness (QED) is 0.835. The van der Waals surface area contributed by atoms with Gasteiger partial charge in [0.05, 0.1) is 17.0 Å². The number of hydrogen-bond donors (Lipinski definition) is 1. The maximum absolute atomic E-state index is 13.2. The third kappa shape index (κ3) is 3.92. The average molecular weight is 349 g/mol. The molecule has 0 saturated heterocycles. The van der Waals surface area contributed by atoms with Gasteiger partial charge < -0.3 is 10.2 Å². The van der Waals surface area contributed by atoms with Crippen LogP contribution in [0.5, 0.6) is 0 Å². The van der Waals surface area contributed by atoms with Crippen molar-refractivity contribution in [3.8, 4) is 6.07 Å². The largest absolute Gasteiger partial charge is 0.377 e. The van der Waals surface area contributed by atoms with Gasteiger partial charge >= 0.3 is 0 Å². The standard InChI is InChI=1S/C21H23N3O2/c1-14(25)23-17-10-11-19(24(4)5)18(12-17)21(2,3)20(26)16-8-6-15(13-22)7-9-16/h6-12H,1-5H3,(H,23,25). The van der Waals surface area contributed by atoms with Gasteiger partial charge in [0.25, 0.3) is 0 Å². The minimum atomic E-state index is -0.817. The first-order valence-corrected chi connectivity index (χ1v) is 8.31. The van der Waals surface area contributed by atoms with Crippen LogP contribution in [0.15, 0.2) is 42.5 Å². The summed E-state index contributed by atoms with van der Waals surface area (Å²) in [6.07, 6.45) is 0. The molecule has 0 aliphatic carbocycles. The highest BCUT2D eigenvalue weighted by atomic mass is 16.1. The summed E-state index contributed by atoms with van der Waals surface area (Å²) in [5.41, 5.74) is 2.63. The van der Waals surface area contributed by atoms with Gasteiger partial charge in [0.1, 0.15) is 0 Å². The molecule has 0 aliphatic rings. The number of benzene rings is 2. The number of nitrogens with one attached hydrogen (secondary N) is 1. The van der Waals surface area contributed by atoms with E-state index in [0.717, 1.165) is 11.3 Å². The second kappa shape index (κ2) is 7.40. The van der Waals surface area contributed by atoms with Crippen LogP contribution in [-0.2, 0) is 10.2 Å². The second-order valence-corrected chi connectivity index (χ2v) is 6.95. The van der Waals surface area contributed by atoms with Crippen LogP contribution in [0.1, 0.15) is 42.3 Å². The Labute approximate surface area is 154 Å². The molecule has 1 amide bonds. The third-order valence-electron chi connectivity index (χ3n) is 4.32. The molecule has 26 heavy (non-hydrogen) atoms. The molecule has 1 N–H and O–H groups in total. The Balaban J connectivity index is 2.52. The lowest BCUT2D eigenvalue weighted by atomic mass is 9.76. The number of carbonyl (C=O) groups excluding carboxylic acids is 2. The summed E-state index contributed by atoms with van der Waals surface area (Å²) >= 11 is 0. The lowest BCUT2D eigenvalue weighted by Gasteiger charge is -2.30. The topological polar surface area (TPSA) is 73.2 Å². The number of nitriles is 1. The van der Waals surface area contributed by atoms with Gasteiger partial charge in [0.2, 0.25) is 5.91 Å². The predicted molar refractivity (Wildman–Crippen MR) is 104 cm³/mol. The molecule has 5 heteroatoms. The van der Waals surface area contributed by atoms with E-state index in [9.17, 15) is 9.59 Å². The first-order chi connectivity index (χ1) is 12.2. The monoisotopic (exact) mass is 349 g/mol. The zero-order chi connectivity index (χ0) is 19.5. The summed E-state index contributed by atoms with van der Waals surface area (Å²) in [4.78, 5) is 26.5. The number of ketones is 1. The summed E-state index contributed by atoms with van der Waals surface area (Å²) < 4.78 is 0. The van der Waals surface area contributed by atoms with E-state index in [-0.39, 0.29) is 11.7 Å². The first-order valence-electron chi connectivity index (χ1n) is 8.31. The minimum Gasteiger partial charge on any atom is -0.377 e. The molecule has 0 unspecified atom stereocenters. The van der Waals surface area contributed by atoms with E-state index in [2.05, 4.69) is 11.4 Å². The maximum atomic E-state index is 13.2. The fourth-order valence-electron chi connectivity index (χ4n) is 2.89. The Hall–Kier alpha value is -3.13. The number of amides is 1. The number of carbonyl (C=O) groups is 2. The molecule has 2 aromatic carbocycles. The third-order valence-corrected chi connectivity index (χ3v) is 4.32. The van der Waals surface area contributed by atoms with Gasteiger partial charge in [0.15, 0.2) is 5.78 Å². The molecule has 0 spiro atoms. The van der Waals surface area contributed by atoms with Gasteiger partial charge in [-0.25, -0.2) is 0 Å². The molecule has 0 atom stereocenters. The van der Waals surface area contributed by atoms with Crippen LogP contribution in [-0.4, -0.2) is 25.8 Å². The highest BCUT2D eigenvalue weighted by molar-refractivity contribution is 6.04. The van der Waals surface area contributed by atoms with Crippen molar-refractivity contribution >= 4 is 23.1 Å². The van der Waals surface area contributed by atoms with Crippen LogP contribution >= 0.6 is 0 Å². The van der Waals surface area contributed by atoms with Crippen molar-refractivity contribution in [3.63, 3.8) is 0 Å². The molecule has 0 fully saturated rings. The Morgan fingerprint density at radius 2 is 1.69 bits per heavy atom. The number of Topliss-reactive ketones (excluding diaryl/α,β-unsaturated/α-hetero) is 1. The molecule has 2 rings (SSSR count). The summed E-state index contributed by atoms with van der Waals surface area (Å²) in [6, 6.07) is 14.3. The molecule has 0 saturated carbocycles. The fourth-order valence-corrected chi connectivity index (χ4v) is 2.89. The Kier molecular flexibility index (Phi) is 5.47. The normalized spacial score (nSPS) is 10.8. The van der Waals surface area contributed by atoms with E-state index in [0.29, 0.717) is 16.8 Å². The van der Waals surface area contributed by atoms with Gasteiger partial charge in [-0.15, -0.1) is 0 Å². The molecule has 0 radical (unpaired) electrons. The van der Waals surface area contributed by atoms with Crippen LogP contribution in [0, 0.1) is 11.3 Å². The van der Waals surface area contributed by atoms with E-state index >= 15 is 0 Å². The van der Waals surface area contributed by atoms with Gasteiger partial charge in [-0.2, -0.15) is 5.26 Å². The van der Waals surface area contributed by atoms with Crippen LogP contribution < -0.4 is 10.2 Å². The van der Waals surface area contributed by atoms with Crippen molar-refractivity contribution in [1.82, 2.24) is 0 Å². The number of hydrogen-bond acceptors (Lipinski definition) is 4. The Morgan fingerprint density at radius 1 is 1.08 bits per heavy atom. The van der Waals surface area contributed by atoms with Gasteiger partial charge in [-0.05, 0) is 49.7 Å². The van der Waals surface area contributed by atoms with Crippen molar-refractivity contribution in [2.45, 2.75) is 26.2 Å². The number of rotatable bonds is 5. The minimum absolute atomic E-state index is 0.0509. The van der Waals surface area contributed by atoms with Crippen LogP contribution in [0.2, 0.25) is 0 Å². The van der Waals surface area contributed by atoms with Crippen molar-refractivity contribution in [2.24, 2.45) is 0 Å². The predicted octanol–water partition coefficient (Wildman–Crippen LogP) is 3.74. The molecule has 0 bridgehead atoms.